The van der Waals surface area contributed by atoms with Crippen LogP contribution in [0.5, 0.6) is 0 Å². The highest BCUT2D eigenvalue weighted by molar-refractivity contribution is 7.99. The van der Waals surface area contributed by atoms with E-state index in [1.807, 2.05) is 11.8 Å². The minimum absolute atomic E-state index is 0.380. The van der Waals surface area contributed by atoms with Gasteiger partial charge in [-0.1, -0.05) is 6.92 Å². The number of nitrogens with one attached hydrogen (secondary N) is 1. The Morgan fingerprint density at radius 1 is 1.54 bits per heavy atom. The molecule has 0 saturated carbocycles. The van der Waals surface area contributed by atoms with Gasteiger partial charge in [-0.3, -0.25) is 0 Å². The topological polar surface area (TPSA) is 41.5 Å². The van der Waals surface area contributed by atoms with E-state index < -0.39 is 0 Å². The lowest BCUT2D eigenvalue weighted by atomic mass is 10.3. The fraction of sp³-hybridized carbons (Fsp3) is 1.00. The molecule has 2 unspecified atom stereocenters. The van der Waals surface area contributed by atoms with E-state index in [2.05, 4.69) is 18.5 Å². The highest BCUT2D eigenvalue weighted by Gasteiger charge is 2.02. The Morgan fingerprint density at radius 3 is 2.77 bits per heavy atom. The van der Waals surface area contributed by atoms with Crippen LogP contribution in [-0.2, 0) is 4.74 Å². The monoisotopic (exact) mass is 207 g/mol. The van der Waals surface area contributed by atoms with E-state index in [1.54, 1.807) is 7.11 Å². The molecule has 0 aliphatic heterocycles. The molecule has 0 aliphatic carbocycles. The molecule has 0 aromatic rings. The van der Waals surface area contributed by atoms with Gasteiger partial charge in [0.1, 0.15) is 0 Å². The number of hydrogen-bond acceptors (Lipinski definition) is 4. The maximum atomic E-state index is 9.28. The summed E-state index contributed by atoms with van der Waals surface area (Å²) in [4.78, 5) is 0. The molecule has 0 spiro atoms. The van der Waals surface area contributed by atoms with E-state index in [0.29, 0.717) is 18.4 Å². The summed E-state index contributed by atoms with van der Waals surface area (Å²) >= 11 is 1.87. The van der Waals surface area contributed by atoms with Gasteiger partial charge < -0.3 is 15.2 Å². The molecule has 4 heteroatoms. The Labute approximate surface area is 85.2 Å². The van der Waals surface area contributed by atoms with E-state index in [0.717, 1.165) is 13.0 Å². The third kappa shape index (κ3) is 8.56. The van der Waals surface area contributed by atoms with Crippen molar-refractivity contribution in [1.82, 2.24) is 5.32 Å². The van der Waals surface area contributed by atoms with Crippen LogP contribution in [0.2, 0.25) is 0 Å². The van der Waals surface area contributed by atoms with Crippen molar-refractivity contribution in [1.29, 1.82) is 0 Å². The maximum Gasteiger partial charge on any atom is 0.0897 e. The smallest absolute Gasteiger partial charge is 0.0897 e. The minimum atomic E-state index is -0.380. The molecule has 0 aliphatic rings. The molecule has 2 N–H and O–H groups in total. The van der Waals surface area contributed by atoms with E-state index in [1.165, 1.54) is 0 Å². The molecule has 0 rings (SSSR count). The molecule has 80 valence electrons. The average molecular weight is 207 g/mol. The lowest BCUT2D eigenvalue weighted by Gasteiger charge is -2.12. The molecule has 0 radical (unpaired) electrons. The summed E-state index contributed by atoms with van der Waals surface area (Å²) in [6, 6.07) is 0. The molecular formula is C9H21NO2S. The summed E-state index contributed by atoms with van der Waals surface area (Å²) in [6.07, 6.45) is 2.88. The van der Waals surface area contributed by atoms with Crippen molar-refractivity contribution >= 4 is 11.8 Å². The number of thioether (sulfide) groups is 1. The van der Waals surface area contributed by atoms with Crippen LogP contribution in [0.15, 0.2) is 0 Å². The van der Waals surface area contributed by atoms with E-state index in [-0.39, 0.29) is 6.10 Å². The molecular weight excluding hydrogens is 186 g/mol. The number of aliphatic hydroxyl groups excluding tert-OH is 1. The van der Waals surface area contributed by atoms with Gasteiger partial charge in [-0.25, -0.2) is 0 Å². The molecule has 13 heavy (non-hydrogen) atoms. The lowest BCUT2D eigenvalue weighted by Crippen LogP contribution is -2.31. The predicted molar refractivity (Wildman–Crippen MR) is 58.3 cm³/mol. The fourth-order valence-corrected chi connectivity index (χ4v) is 1.30. The molecule has 0 aromatic carbocycles. The number of methoxy groups -OCH3 is 1. The fourth-order valence-electron chi connectivity index (χ4n) is 0.943. The van der Waals surface area contributed by atoms with Crippen molar-refractivity contribution in [2.45, 2.75) is 24.7 Å². The first kappa shape index (κ1) is 13.2. The van der Waals surface area contributed by atoms with Gasteiger partial charge >= 0.3 is 0 Å². The number of hydrogen-bond donors (Lipinski definition) is 2. The Morgan fingerprint density at radius 2 is 2.23 bits per heavy atom. The van der Waals surface area contributed by atoms with Gasteiger partial charge in [0, 0.05) is 18.9 Å². The molecule has 3 nitrogen and oxygen atoms in total. The summed E-state index contributed by atoms with van der Waals surface area (Å²) < 4.78 is 4.81. The summed E-state index contributed by atoms with van der Waals surface area (Å²) in [6.45, 7) is 4.20. The zero-order valence-corrected chi connectivity index (χ0v) is 9.56. The van der Waals surface area contributed by atoms with Gasteiger partial charge in [0.05, 0.1) is 12.7 Å². The zero-order valence-electron chi connectivity index (χ0n) is 8.75. The maximum absolute atomic E-state index is 9.28. The van der Waals surface area contributed by atoms with Crippen LogP contribution in [0.25, 0.3) is 0 Å². The average Bonchev–Trinajstić information content (AvgIpc) is 2.12. The molecule has 0 saturated heterocycles. The largest absolute Gasteiger partial charge is 0.389 e. The zero-order chi connectivity index (χ0) is 10.1. The van der Waals surface area contributed by atoms with Crippen LogP contribution in [0.3, 0.4) is 0 Å². The van der Waals surface area contributed by atoms with Crippen LogP contribution >= 0.6 is 11.8 Å². The van der Waals surface area contributed by atoms with Crippen LogP contribution in [-0.4, -0.2) is 49.5 Å². The SMILES string of the molecule is COCC(O)CNCCC(C)SC. The molecule has 2 atom stereocenters. The molecule has 0 fully saturated rings. The number of aliphatic hydroxyl groups is 1. The van der Waals surface area contributed by atoms with Crippen LogP contribution < -0.4 is 5.32 Å². The first-order valence-electron chi connectivity index (χ1n) is 4.61. The normalized spacial score (nSPS) is 15.7. The Balaban J connectivity index is 3.15. The van der Waals surface area contributed by atoms with Crippen molar-refractivity contribution in [2.75, 3.05) is 33.1 Å². The van der Waals surface area contributed by atoms with Crippen molar-refractivity contribution in [2.24, 2.45) is 0 Å². The second-order valence-corrected chi connectivity index (χ2v) is 4.42. The molecule has 0 aromatic heterocycles. The van der Waals surface area contributed by atoms with Crippen LogP contribution in [0, 0.1) is 0 Å². The van der Waals surface area contributed by atoms with Gasteiger partial charge in [-0.05, 0) is 19.2 Å². The van der Waals surface area contributed by atoms with Crippen molar-refractivity contribution in [3.63, 3.8) is 0 Å². The van der Waals surface area contributed by atoms with E-state index >= 15 is 0 Å². The van der Waals surface area contributed by atoms with Crippen LogP contribution in [0.1, 0.15) is 13.3 Å². The molecule has 0 amide bonds. The predicted octanol–water partition coefficient (Wildman–Crippen LogP) is 0.725. The summed E-state index contributed by atoms with van der Waals surface area (Å²) in [5.41, 5.74) is 0. The van der Waals surface area contributed by atoms with Crippen LogP contribution in [0.4, 0.5) is 0 Å². The van der Waals surface area contributed by atoms with Gasteiger partial charge in [0.25, 0.3) is 0 Å². The third-order valence-electron chi connectivity index (χ3n) is 1.87. The Hall–Kier alpha value is 0.230. The standard InChI is InChI=1S/C9H21NO2S/c1-8(13-3)4-5-10-6-9(11)7-12-2/h8-11H,4-7H2,1-3H3. The Bertz CT molecular complexity index is 114. The summed E-state index contributed by atoms with van der Waals surface area (Å²) in [5.74, 6) is 0. The second-order valence-electron chi connectivity index (χ2n) is 3.15. The molecule has 0 bridgehead atoms. The third-order valence-corrected chi connectivity index (χ3v) is 2.91. The van der Waals surface area contributed by atoms with Gasteiger partial charge in [0.2, 0.25) is 0 Å². The highest BCUT2D eigenvalue weighted by atomic mass is 32.2. The van der Waals surface area contributed by atoms with E-state index in [4.69, 9.17) is 4.74 Å². The first-order chi connectivity index (χ1) is 6.20. The minimum Gasteiger partial charge on any atom is -0.389 e. The van der Waals surface area contributed by atoms with Gasteiger partial charge in [-0.2, -0.15) is 11.8 Å². The number of rotatable bonds is 8. The quantitative estimate of drug-likeness (QED) is 0.576. The van der Waals surface area contributed by atoms with Crippen molar-refractivity contribution < 1.29 is 9.84 Å². The first-order valence-corrected chi connectivity index (χ1v) is 5.90. The second kappa shape index (κ2) is 8.81. The van der Waals surface area contributed by atoms with Crippen molar-refractivity contribution in [3.05, 3.63) is 0 Å². The Kier molecular flexibility index (Phi) is 8.97. The van der Waals surface area contributed by atoms with Gasteiger partial charge in [-0.15, -0.1) is 0 Å². The summed E-state index contributed by atoms with van der Waals surface area (Å²) in [7, 11) is 1.60. The molecule has 0 heterocycles. The van der Waals surface area contributed by atoms with Crippen molar-refractivity contribution in [3.8, 4) is 0 Å². The van der Waals surface area contributed by atoms with Gasteiger partial charge in [0.15, 0.2) is 0 Å². The van der Waals surface area contributed by atoms with E-state index in [9.17, 15) is 5.11 Å². The lowest BCUT2D eigenvalue weighted by molar-refractivity contribution is 0.0647. The highest BCUT2D eigenvalue weighted by Crippen LogP contribution is 2.07. The number of ether oxygens (including phenoxy) is 1. The summed E-state index contributed by atoms with van der Waals surface area (Å²) in [5, 5.41) is 13.2.